The van der Waals surface area contributed by atoms with E-state index in [0.717, 1.165) is 0 Å². The van der Waals surface area contributed by atoms with Gasteiger partial charge >= 0.3 is 5.97 Å². The summed E-state index contributed by atoms with van der Waals surface area (Å²) in [5, 5.41) is 15.0. The third-order valence-electron chi connectivity index (χ3n) is 3.55. The van der Waals surface area contributed by atoms with Gasteiger partial charge in [-0.15, -0.1) is 0 Å². The molecule has 0 unspecified atom stereocenters. The summed E-state index contributed by atoms with van der Waals surface area (Å²) in [7, 11) is 1.55. The van der Waals surface area contributed by atoms with Gasteiger partial charge in [-0.1, -0.05) is 42.1 Å². The smallest absolute Gasteiger partial charge is 0.336 e. The highest BCUT2D eigenvalue weighted by molar-refractivity contribution is 8.15. The molecular weight excluding hydrogens is 354 g/mol. The van der Waals surface area contributed by atoms with Gasteiger partial charge in [0.1, 0.15) is 11.4 Å². The second-order valence-electron chi connectivity index (χ2n) is 5.20. The molecule has 26 heavy (non-hydrogen) atoms. The summed E-state index contributed by atoms with van der Waals surface area (Å²) in [4.78, 5) is 27.9. The molecule has 0 aromatic heterocycles. The number of benzene rings is 2. The van der Waals surface area contributed by atoms with Crippen LogP contribution in [0.2, 0.25) is 0 Å². The lowest BCUT2D eigenvalue weighted by Gasteiger charge is -2.10. The summed E-state index contributed by atoms with van der Waals surface area (Å²) < 4.78 is 5.27. The number of carboxylic acid groups (broad SMARTS) is 1. The van der Waals surface area contributed by atoms with Gasteiger partial charge in [0.05, 0.1) is 24.6 Å². The molecule has 0 bridgehead atoms. The lowest BCUT2D eigenvalue weighted by molar-refractivity contribution is -0.124. The van der Waals surface area contributed by atoms with Crippen LogP contribution < -0.4 is 4.74 Å². The lowest BCUT2D eigenvalue weighted by Crippen LogP contribution is -2.24. The molecule has 0 radical (unpaired) electrons. The highest BCUT2D eigenvalue weighted by Gasteiger charge is 2.28. The number of hydrogen-bond donors (Lipinski definition) is 1. The van der Waals surface area contributed by atoms with Crippen LogP contribution in [-0.2, 0) is 4.79 Å². The Hall–Kier alpha value is -3.13. The van der Waals surface area contributed by atoms with Crippen molar-refractivity contribution in [2.24, 2.45) is 10.1 Å². The molecule has 132 valence electrons. The van der Waals surface area contributed by atoms with Crippen molar-refractivity contribution < 1.29 is 19.4 Å². The minimum absolute atomic E-state index is 0.110. The van der Waals surface area contributed by atoms with E-state index in [2.05, 4.69) is 10.1 Å². The number of nitrogens with zero attached hydrogens (tertiary/aromatic N) is 3. The van der Waals surface area contributed by atoms with Crippen LogP contribution in [0.15, 0.2) is 58.6 Å². The molecule has 1 heterocycles. The van der Waals surface area contributed by atoms with E-state index >= 15 is 0 Å². The van der Waals surface area contributed by atoms with Crippen LogP contribution in [-0.4, -0.2) is 46.2 Å². The van der Waals surface area contributed by atoms with Crippen LogP contribution in [0.25, 0.3) is 0 Å². The van der Waals surface area contributed by atoms with Crippen molar-refractivity contribution in [3.8, 4) is 5.75 Å². The summed E-state index contributed by atoms with van der Waals surface area (Å²) in [6, 6.07) is 13.6. The zero-order valence-corrected chi connectivity index (χ0v) is 14.6. The topological polar surface area (TPSA) is 91.6 Å². The zero-order valence-electron chi connectivity index (χ0n) is 13.8. The van der Waals surface area contributed by atoms with Crippen molar-refractivity contribution in [3.63, 3.8) is 0 Å². The quantitative estimate of drug-likeness (QED) is 0.818. The van der Waals surface area contributed by atoms with Gasteiger partial charge in [-0.05, 0) is 18.2 Å². The fourth-order valence-electron chi connectivity index (χ4n) is 2.30. The number of para-hydroxylation sites is 2. The second kappa shape index (κ2) is 7.83. The molecule has 1 N–H and O–H groups in total. The number of amidine groups is 1. The van der Waals surface area contributed by atoms with Gasteiger partial charge in [0.15, 0.2) is 5.17 Å². The summed E-state index contributed by atoms with van der Waals surface area (Å²) in [5.41, 5.74) is 1.10. The Bertz CT molecular complexity index is 911. The number of carboxylic acids is 1. The molecule has 1 aliphatic rings. The molecule has 2 aromatic rings. The number of aromatic carboxylic acids is 1. The van der Waals surface area contributed by atoms with E-state index in [4.69, 9.17) is 4.74 Å². The number of carbonyl (C=O) groups is 2. The standard InChI is InChI=1S/C18H15N3O4S/c1-25-15-9-5-4-8-14(15)20-18-21(16(22)11-26-18)19-10-12-6-2-3-7-13(12)17(23)24/h2-10H,11H2,1H3,(H,23,24)/b19-10+,20-18?. The van der Waals surface area contributed by atoms with E-state index in [1.54, 1.807) is 37.4 Å². The van der Waals surface area contributed by atoms with Gasteiger partial charge in [-0.25, -0.2) is 9.79 Å². The Morgan fingerprint density at radius 1 is 1.23 bits per heavy atom. The monoisotopic (exact) mass is 369 g/mol. The van der Waals surface area contributed by atoms with Gasteiger partial charge in [-0.3, -0.25) is 4.79 Å². The molecule has 2 aromatic carbocycles. The Morgan fingerprint density at radius 2 is 1.96 bits per heavy atom. The largest absolute Gasteiger partial charge is 0.494 e. The maximum Gasteiger partial charge on any atom is 0.336 e. The van der Waals surface area contributed by atoms with E-state index in [1.807, 2.05) is 12.1 Å². The zero-order chi connectivity index (χ0) is 18.5. The molecule has 1 amide bonds. The Balaban J connectivity index is 1.92. The van der Waals surface area contributed by atoms with Crippen LogP contribution in [0.4, 0.5) is 5.69 Å². The molecule has 0 saturated carbocycles. The Morgan fingerprint density at radius 3 is 2.73 bits per heavy atom. The maximum absolute atomic E-state index is 12.1. The Labute approximate surface area is 154 Å². The van der Waals surface area contributed by atoms with Crippen LogP contribution in [0.3, 0.4) is 0 Å². The van der Waals surface area contributed by atoms with E-state index in [9.17, 15) is 14.7 Å². The molecule has 7 nitrogen and oxygen atoms in total. The van der Waals surface area contributed by atoms with Crippen molar-refractivity contribution in [2.45, 2.75) is 0 Å². The fourth-order valence-corrected chi connectivity index (χ4v) is 3.11. The van der Waals surface area contributed by atoms with Crippen molar-refractivity contribution in [2.75, 3.05) is 12.9 Å². The normalized spacial score (nSPS) is 15.8. The van der Waals surface area contributed by atoms with E-state index in [0.29, 0.717) is 22.2 Å². The van der Waals surface area contributed by atoms with E-state index in [1.165, 1.54) is 29.1 Å². The van der Waals surface area contributed by atoms with Gasteiger partial charge < -0.3 is 9.84 Å². The SMILES string of the molecule is COc1ccccc1N=C1SCC(=O)N1/N=C/c1ccccc1C(=O)O. The predicted octanol–water partition coefficient (Wildman–Crippen LogP) is 2.99. The van der Waals surface area contributed by atoms with Gasteiger partial charge in [-0.2, -0.15) is 10.1 Å². The van der Waals surface area contributed by atoms with Crippen molar-refractivity contribution in [3.05, 3.63) is 59.7 Å². The summed E-state index contributed by atoms with van der Waals surface area (Å²) in [6.45, 7) is 0. The van der Waals surface area contributed by atoms with Crippen molar-refractivity contribution in [1.82, 2.24) is 5.01 Å². The number of ether oxygens (including phenoxy) is 1. The van der Waals surface area contributed by atoms with E-state index in [-0.39, 0.29) is 17.2 Å². The predicted molar refractivity (Wildman–Crippen MR) is 100 cm³/mol. The average molecular weight is 369 g/mol. The van der Waals surface area contributed by atoms with Crippen LogP contribution in [0, 0.1) is 0 Å². The van der Waals surface area contributed by atoms with Gasteiger partial charge in [0, 0.05) is 5.56 Å². The molecule has 1 aliphatic heterocycles. The number of aliphatic imine (C=N–C) groups is 1. The van der Waals surface area contributed by atoms with Gasteiger partial charge in [0.2, 0.25) is 0 Å². The van der Waals surface area contributed by atoms with E-state index < -0.39 is 5.97 Å². The molecule has 0 aliphatic carbocycles. The van der Waals surface area contributed by atoms with Crippen molar-refractivity contribution in [1.29, 1.82) is 0 Å². The average Bonchev–Trinajstić information content (AvgIpc) is 3.00. The molecule has 1 fully saturated rings. The molecule has 1 saturated heterocycles. The first kappa shape index (κ1) is 17.7. The Kier molecular flexibility index (Phi) is 5.33. The van der Waals surface area contributed by atoms with Crippen LogP contribution in [0.1, 0.15) is 15.9 Å². The third kappa shape index (κ3) is 3.75. The number of methoxy groups -OCH3 is 1. The lowest BCUT2D eigenvalue weighted by atomic mass is 10.1. The van der Waals surface area contributed by atoms with Crippen LogP contribution >= 0.6 is 11.8 Å². The number of amides is 1. The summed E-state index contributed by atoms with van der Waals surface area (Å²) in [5.74, 6) is -0.490. The first-order valence-electron chi connectivity index (χ1n) is 7.64. The fraction of sp³-hybridized carbons (Fsp3) is 0.111. The maximum atomic E-state index is 12.1. The summed E-state index contributed by atoms with van der Waals surface area (Å²) >= 11 is 1.26. The second-order valence-corrected chi connectivity index (χ2v) is 6.14. The van der Waals surface area contributed by atoms with Crippen LogP contribution in [0.5, 0.6) is 5.75 Å². The molecule has 8 heteroatoms. The first-order valence-corrected chi connectivity index (χ1v) is 8.62. The number of hydrazone groups is 1. The minimum Gasteiger partial charge on any atom is -0.494 e. The number of thioether (sulfide) groups is 1. The molecule has 0 spiro atoms. The third-order valence-corrected chi connectivity index (χ3v) is 4.46. The first-order chi connectivity index (χ1) is 12.6. The molecule has 0 atom stereocenters. The minimum atomic E-state index is -1.06. The summed E-state index contributed by atoms with van der Waals surface area (Å²) in [6.07, 6.45) is 1.35. The highest BCUT2D eigenvalue weighted by Crippen LogP contribution is 2.30. The molecule has 3 rings (SSSR count). The van der Waals surface area contributed by atoms with Gasteiger partial charge in [0.25, 0.3) is 5.91 Å². The number of carbonyl (C=O) groups excluding carboxylic acids is 1. The number of hydrogen-bond acceptors (Lipinski definition) is 6. The number of rotatable bonds is 5. The highest BCUT2D eigenvalue weighted by atomic mass is 32.2. The molecular formula is C18H15N3O4S. The van der Waals surface area contributed by atoms with Crippen molar-refractivity contribution >= 4 is 40.7 Å².